The number of fused-ring (bicyclic) bond motifs is 6. The van der Waals surface area contributed by atoms with Crippen molar-refractivity contribution in [3.63, 3.8) is 0 Å². The van der Waals surface area contributed by atoms with Gasteiger partial charge < -0.3 is 15.2 Å². The summed E-state index contributed by atoms with van der Waals surface area (Å²) in [7, 11) is -18.2. The third kappa shape index (κ3) is 12.9. The van der Waals surface area contributed by atoms with Crippen LogP contribution in [-0.2, 0) is 45.3 Å². The number of nitrogens with zero attached hydrogens (tertiary/aromatic N) is 10. The van der Waals surface area contributed by atoms with E-state index in [1.807, 2.05) is 0 Å². The minimum absolute atomic E-state index is 0.00225. The number of ether oxygens (including phenoxy) is 1. The van der Waals surface area contributed by atoms with Gasteiger partial charge in [0.15, 0.2) is 11.3 Å². The van der Waals surface area contributed by atoms with Crippen molar-refractivity contribution >= 4 is 146 Å². The first kappa shape index (κ1) is 56.7. The highest BCUT2D eigenvalue weighted by atomic mass is 32.2. The number of azo groups is 3. The van der Waals surface area contributed by atoms with Crippen LogP contribution in [0.15, 0.2) is 112 Å². The average molecular weight is 1180 g/mol. The van der Waals surface area contributed by atoms with Gasteiger partial charge in [-0.05, 0) is 110 Å². The Morgan fingerprint density at radius 2 is 1.42 bits per heavy atom. The van der Waals surface area contributed by atoms with Crippen LogP contribution in [0.4, 0.5) is 39.3 Å². The number of hydrogen-bond acceptors (Lipinski definition) is 22. The summed E-state index contributed by atoms with van der Waals surface area (Å²) in [5.41, 5.74) is 2.77. The Bertz CT molecular complexity index is 4420. The maximum atomic E-state index is 12.5. The minimum atomic E-state index is -4.87. The lowest BCUT2D eigenvalue weighted by molar-refractivity contribution is -0.114. The fourth-order valence-electron chi connectivity index (χ4n) is 7.76. The first-order valence-electron chi connectivity index (χ1n) is 22.5. The molecule has 0 saturated carbocycles. The first-order chi connectivity index (χ1) is 36.6. The van der Waals surface area contributed by atoms with Gasteiger partial charge in [0, 0.05) is 34.5 Å². The Kier molecular flexibility index (Phi) is 16.1. The summed E-state index contributed by atoms with van der Waals surface area (Å²) in [5.74, 6) is -1.84. The first-order valence-corrected chi connectivity index (χ1v) is 30.4. The lowest BCUT2D eigenvalue weighted by atomic mass is 10.1. The molecule has 5 aromatic carbocycles. The number of hydrogen-bond donors (Lipinski definition) is 6. The van der Waals surface area contributed by atoms with Crippen molar-refractivity contribution in [2.24, 2.45) is 30.7 Å². The molecule has 3 aromatic heterocycles. The monoisotopic (exact) mass is 1180 g/mol. The highest BCUT2D eigenvalue weighted by Crippen LogP contribution is 2.44. The van der Waals surface area contributed by atoms with E-state index >= 15 is 0 Å². The second-order valence-electron chi connectivity index (χ2n) is 17.1. The van der Waals surface area contributed by atoms with E-state index in [2.05, 4.69) is 52.0 Å². The largest absolute Gasteiger partial charge is 0.493 e. The second kappa shape index (κ2) is 22.1. The van der Waals surface area contributed by atoms with Crippen LogP contribution in [0, 0.1) is 32.1 Å². The van der Waals surface area contributed by atoms with Crippen molar-refractivity contribution in [2.45, 2.75) is 55.2 Å². The molecule has 6 N–H and O–H groups in total. The predicted octanol–water partition coefficient (Wildman–Crippen LogP) is 10.5. The number of pyridine rings is 1. The number of nitriles is 1. The van der Waals surface area contributed by atoms with Crippen LogP contribution >= 0.6 is 23.1 Å². The highest BCUT2D eigenvalue weighted by molar-refractivity contribution is 7.99. The molecule has 0 spiro atoms. The highest BCUT2D eigenvalue weighted by Gasteiger charge is 2.24. The molecule has 32 heteroatoms. The molecule has 0 unspecified atom stereocenters. The predicted molar refractivity (Wildman–Crippen MR) is 288 cm³/mol. The van der Waals surface area contributed by atoms with Crippen molar-refractivity contribution in [1.82, 2.24) is 14.4 Å². The molecule has 8 aromatic rings. The van der Waals surface area contributed by atoms with Crippen LogP contribution in [0.5, 0.6) is 11.6 Å². The number of aryl methyl sites for hydroxylation is 2. The second-order valence-corrected chi connectivity index (χ2v) is 25.2. The van der Waals surface area contributed by atoms with E-state index in [4.69, 9.17) is 4.74 Å². The summed E-state index contributed by atoms with van der Waals surface area (Å²) >= 11 is 1.94. The third-order valence-electron chi connectivity index (χ3n) is 11.4. The molecule has 1 amide bonds. The number of aromatic nitrogens is 3. The summed E-state index contributed by atoms with van der Waals surface area (Å²) < 4.78 is 141. The smallest absolute Gasteiger partial charge is 0.296 e. The molecule has 0 atom stereocenters. The molecule has 8 rings (SSSR count). The van der Waals surface area contributed by atoms with Gasteiger partial charge in [-0.3, -0.25) is 27.4 Å². The molecule has 0 radical (unpaired) electrons. The number of aromatic hydroxyl groups is 1. The van der Waals surface area contributed by atoms with Crippen LogP contribution < -0.4 is 10.1 Å². The zero-order chi connectivity index (χ0) is 56.6. The Hall–Kier alpha value is -7.45. The van der Waals surface area contributed by atoms with Crippen molar-refractivity contribution in [1.29, 1.82) is 5.26 Å². The summed E-state index contributed by atoms with van der Waals surface area (Å²) in [6.45, 7) is 5.92. The number of benzene rings is 5. The molecule has 0 aliphatic rings. The van der Waals surface area contributed by atoms with Crippen LogP contribution in [-0.4, -0.2) is 101 Å². The van der Waals surface area contributed by atoms with Crippen LogP contribution in [0.2, 0.25) is 0 Å². The van der Waals surface area contributed by atoms with Gasteiger partial charge in [0.2, 0.25) is 16.9 Å². The Labute approximate surface area is 451 Å². The molecule has 0 saturated heterocycles. The number of rotatable bonds is 19. The van der Waals surface area contributed by atoms with Crippen LogP contribution in [0.3, 0.4) is 0 Å². The molecular weight excluding hydrogens is 1140 g/mol. The fraction of sp³-hybridized carbons (Fsp3) is 0.217. The molecule has 78 heavy (non-hydrogen) atoms. The summed E-state index contributed by atoms with van der Waals surface area (Å²) in [6, 6.07) is 17.5. The number of thioether (sulfide) groups is 1. The topological polar surface area (TPSA) is 404 Å². The Morgan fingerprint density at radius 3 is 2.09 bits per heavy atom. The molecule has 0 aliphatic heterocycles. The Balaban J connectivity index is 1.17. The molecule has 3 heterocycles. The number of thiazole rings is 1. The maximum Gasteiger partial charge on any atom is 0.296 e. The standard InChI is InChI=1S/C46H41N11O15S6/c1-23-15-35(53-55-41-25(3)31(22-47)44-49-32-10-8-28(48-26(4)58)18-37(32)57(44)45(41)59)38(72-11-5-13-75(60,61)62)20-33(23)51-54-36-16-24(2)34(21-39(36)73-12-6-14-76(63,64)65)52-56-46-50-42-40(78(69,70)71)17-27-7-9-29(77(66,67)68)19-30(27)43(42)74-46/h7-10,15-21,59H,5-6,11-14H2,1-4H3,(H,48,58)(H,60,61,62)(H,63,64,65)(H,66,67,68)(H,69,70,71). The van der Waals surface area contributed by atoms with Gasteiger partial charge >= 0.3 is 0 Å². The van der Waals surface area contributed by atoms with E-state index in [0.29, 0.717) is 32.7 Å². The van der Waals surface area contributed by atoms with Gasteiger partial charge in [0.25, 0.3) is 40.5 Å². The summed E-state index contributed by atoms with van der Waals surface area (Å²) in [5, 5.41) is 51.1. The van der Waals surface area contributed by atoms with E-state index in [0.717, 1.165) is 41.3 Å². The normalized spacial score (nSPS) is 12.8. The maximum absolute atomic E-state index is 12.5. The van der Waals surface area contributed by atoms with Gasteiger partial charge in [0.1, 0.15) is 33.5 Å². The van der Waals surface area contributed by atoms with E-state index in [-0.39, 0.29) is 108 Å². The number of carbonyl (C=O) groups is 1. The number of anilines is 1. The SMILES string of the molecule is CC(=O)Nc1ccc2nc3c(C#N)c(C)c(N=Nc4cc(C)c(N=Nc5cc(C)c(N=Nc6nc7c(S(=O)(=O)O)cc8ccc(S(=O)(=O)O)cc8c7s6)cc5SCCCS(=O)(=O)O)cc4OCCCS(=O)(=O)O)c(O)n3c2c1. The number of carbonyl (C=O) groups excluding carboxylic acids is 1. The fourth-order valence-corrected chi connectivity index (χ4v) is 12.1. The summed E-state index contributed by atoms with van der Waals surface area (Å²) in [6.07, 6.45) is -0.147. The average Bonchev–Trinajstić information content (AvgIpc) is 4.10. The summed E-state index contributed by atoms with van der Waals surface area (Å²) in [4.78, 5) is 19.9. The quantitative estimate of drug-likeness (QED) is 0.0190. The van der Waals surface area contributed by atoms with Gasteiger partial charge in [-0.1, -0.05) is 17.4 Å². The lowest BCUT2D eigenvalue weighted by Crippen LogP contribution is -2.08. The molecule has 0 aliphatic carbocycles. The molecule has 0 bridgehead atoms. The zero-order valence-electron chi connectivity index (χ0n) is 40.8. The van der Waals surface area contributed by atoms with Gasteiger partial charge in [0.05, 0.1) is 55.8 Å². The number of amides is 1. The Morgan fingerprint density at radius 1 is 0.769 bits per heavy atom. The van der Waals surface area contributed by atoms with E-state index in [1.54, 1.807) is 44.2 Å². The molecule has 26 nitrogen and oxygen atoms in total. The van der Waals surface area contributed by atoms with Gasteiger partial charge in [-0.2, -0.15) is 44.0 Å². The molecular formula is C46H41N11O15S6. The molecule has 0 fully saturated rings. The van der Waals surface area contributed by atoms with Crippen molar-refractivity contribution in [2.75, 3.05) is 29.2 Å². The number of imidazole rings is 1. The van der Waals surface area contributed by atoms with Crippen molar-refractivity contribution in [3.05, 3.63) is 89.0 Å². The third-order valence-corrected chi connectivity index (χ3v) is 16.8. The molecule has 406 valence electrons. The van der Waals surface area contributed by atoms with Crippen LogP contribution in [0.1, 0.15) is 42.0 Å². The van der Waals surface area contributed by atoms with Gasteiger partial charge in [-0.25, -0.2) is 9.97 Å². The lowest BCUT2D eigenvalue weighted by Gasteiger charge is -2.12. The van der Waals surface area contributed by atoms with Crippen LogP contribution in [0.25, 0.3) is 37.7 Å². The van der Waals surface area contributed by atoms with E-state index in [9.17, 15) is 67.0 Å². The van der Waals surface area contributed by atoms with Gasteiger partial charge in [-0.15, -0.1) is 37.3 Å². The van der Waals surface area contributed by atoms with Crippen molar-refractivity contribution < 1.29 is 66.5 Å². The minimum Gasteiger partial charge on any atom is -0.493 e. The number of nitrogens with one attached hydrogen (secondary N) is 1. The van der Waals surface area contributed by atoms with E-state index < -0.39 is 67.6 Å². The van der Waals surface area contributed by atoms with Crippen molar-refractivity contribution in [3.8, 4) is 17.7 Å². The zero-order valence-corrected chi connectivity index (χ0v) is 45.7. The van der Waals surface area contributed by atoms with E-state index in [1.165, 1.54) is 36.4 Å².